The lowest BCUT2D eigenvalue weighted by molar-refractivity contribution is -0.109. The van der Waals surface area contributed by atoms with Gasteiger partial charge < -0.3 is 14.3 Å². The molecule has 0 heterocycles. The predicted molar refractivity (Wildman–Crippen MR) is 150 cm³/mol. The number of fused-ring (bicyclic) bond motifs is 2. The van der Waals surface area contributed by atoms with Crippen LogP contribution in [0.4, 0.5) is 8.78 Å². The second-order valence-electron chi connectivity index (χ2n) is 12.1. The number of aryl methyl sites for hydroxylation is 1. The molecule has 1 saturated carbocycles. The molecule has 3 aromatic carbocycles. The van der Waals surface area contributed by atoms with Crippen molar-refractivity contribution in [2.45, 2.75) is 71.8 Å². The molecule has 2 aliphatic carbocycles. The van der Waals surface area contributed by atoms with Crippen LogP contribution < -0.4 is 9.47 Å². The monoisotopic (exact) mass is 532 g/mol. The number of rotatable bonds is 10. The minimum absolute atomic E-state index is 0.0425. The van der Waals surface area contributed by atoms with E-state index in [4.69, 9.17) is 9.47 Å². The van der Waals surface area contributed by atoms with Crippen LogP contribution in [0.1, 0.15) is 69.2 Å². The average Bonchev–Trinajstić information content (AvgIpc) is 3.30. The van der Waals surface area contributed by atoms with Gasteiger partial charge >= 0.3 is 0 Å². The van der Waals surface area contributed by atoms with Gasteiger partial charge in [-0.05, 0) is 102 Å². The van der Waals surface area contributed by atoms with Crippen molar-refractivity contribution in [3.63, 3.8) is 0 Å². The van der Waals surface area contributed by atoms with Crippen molar-refractivity contribution in [1.29, 1.82) is 0 Å². The largest absolute Gasteiger partial charge is 0.497 e. The molecule has 1 fully saturated rings. The molecule has 0 aromatic heterocycles. The highest BCUT2D eigenvalue weighted by atomic mass is 19.1. The number of halogens is 2. The van der Waals surface area contributed by atoms with Gasteiger partial charge in [0, 0.05) is 22.5 Å². The van der Waals surface area contributed by atoms with Crippen molar-refractivity contribution >= 4 is 6.29 Å². The van der Waals surface area contributed by atoms with Gasteiger partial charge in [0.25, 0.3) is 0 Å². The zero-order valence-corrected chi connectivity index (χ0v) is 23.6. The van der Waals surface area contributed by atoms with Crippen molar-refractivity contribution in [3.05, 3.63) is 82.4 Å². The van der Waals surface area contributed by atoms with Gasteiger partial charge in [-0.2, -0.15) is 0 Å². The fourth-order valence-electron chi connectivity index (χ4n) is 6.95. The van der Waals surface area contributed by atoms with E-state index in [0.717, 1.165) is 37.5 Å². The number of aldehydes is 1. The fourth-order valence-corrected chi connectivity index (χ4v) is 6.95. The Morgan fingerprint density at radius 3 is 2.46 bits per heavy atom. The van der Waals surface area contributed by atoms with Gasteiger partial charge in [0.2, 0.25) is 0 Å². The summed E-state index contributed by atoms with van der Waals surface area (Å²) in [6, 6.07) is 13.9. The summed E-state index contributed by atoms with van der Waals surface area (Å²) in [5.41, 5.74) is 4.56. The quantitative estimate of drug-likeness (QED) is 0.247. The number of hydrogen-bond acceptors (Lipinski definition) is 3. The Labute approximate surface area is 230 Å². The molecule has 0 aliphatic heterocycles. The summed E-state index contributed by atoms with van der Waals surface area (Å²) in [7, 11) is 1.53. The van der Waals surface area contributed by atoms with Gasteiger partial charge in [-0.3, -0.25) is 0 Å². The lowest BCUT2D eigenvalue weighted by Crippen LogP contribution is -2.16. The average molecular weight is 533 g/mol. The summed E-state index contributed by atoms with van der Waals surface area (Å²) in [6.07, 6.45) is 5.75. The predicted octanol–water partition coefficient (Wildman–Crippen LogP) is 8.24. The molecule has 2 aliphatic rings. The van der Waals surface area contributed by atoms with Crippen molar-refractivity contribution in [3.8, 4) is 22.6 Å². The number of benzene rings is 3. The first-order valence-electron chi connectivity index (χ1n) is 14.0. The van der Waals surface area contributed by atoms with E-state index in [9.17, 15) is 9.18 Å². The van der Waals surface area contributed by atoms with Crippen LogP contribution in [0.25, 0.3) is 11.1 Å². The Morgan fingerprint density at radius 1 is 1.00 bits per heavy atom. The van der Waals surface area contributed by atoms with Crippen LogP contribution in [0.15, 0.2) is 48.5 Å². The number of carbonyl (C=O) groups is 1. The maximum Gasteiger partial charge on any atom is 0.131 e. The second kappa shape index (κ2) is 10.4. The molecule has 0 radical (unpaired) electrons. The van der Waals surface area contributed by atoms with Crippen LogP contribution in [0.3, 0.4) is 0 Å². The molecule has 0 N–H and O–H groups in total. The molecule has 0 bridgehead atoms. The smallest absolute Gasteiger partial charge is 0.131 e. The first-order chi connectivity index (χ1) is 18.6. The van der Waals surface area contributed by atoms with Gasteiger partial charge in [-0.25, -0.2) is 8.78 Å². The Bertz CT molecular complexity index is 1400. The third kappa shape index (κ3) is 4.97. The van der Waals surface area contributed by atoms with Crippen molar-refractivity contribution < 1.29 is 23.0 Å². The van der Waals surface area contributed by atoms with Crippen LogP contribution >= 0.6 is 0 Å². The van der Waals surface area contributed by atoms with Gasteiger partial charge in [0.1, 0.15) is 36.0 Å². The van der Waals surface area contributed by atoms with Gasteiger partial charge in [0.15, 0.2) is 0 Å². The third-order valence-corrected chi connectivity index (χ3v) is 9.10. The molecule has 5 rings (SSSR count). The maximum atomic E-state index is 15.5. The minimum atomic E-state index is -0.432. The zero-order chi connectivity index (χ0) is 27.9. The first kappa shape index (κ1) is 27.4. The van der Waals surface area contributed by atoms with Crippen molar-refractivity contribution in [2.24, 2.45) is 17.3 Å². The lowest BCUT2D eigenvalue weighted by Gasteiger charge is -2.26. The van der Waals surface area contributed by atoms with E-state index in [0.29, 0.717) is 40.5 Å². The molecule has 3 unspecified atom stereocenters. The van der Waals surface area contributed by atoms with E-state index < -0.39 is 11.6 Å². The zero-order valence-electron chi connectivity index (χ0n) is 23.6. The van der Waals surface area contributed by atoms with Gasteiger partial charge in [-0.1, -0.05) is 40.2 Å². The fraction of sp³-hybridized carbons (Fsp3) is 0.441. The second-order valence-corrected chi connectivity index (χ2v) is 12.1. The number of carbonyl (C=O) groups excluding carboxylic acids is 1. The number of ether oxygens (including phenoxy) is 2. The topological polar surface area (TPSA) is 35.5 Å². The Hall–Kier alpha value is -3.21. The summed E-state index contributed by atoms with van der Waals surface area (Å²) >= 11 is 0. The Balaban J connectivity index is 1.46. The molecule has 3 aromatic rings. The van der Waals surface area contributed by atoms with Crippen LogP contribution in [-0.4, -0.2) is 13.4 Å². The highest BCUT2D eigenvalue weighted by Crippen LogP contribution is 2.65. The standard InChI is InChI=1S/C34H38F2O3/c1-6-12-33(3,4)18-23-14-24(32(36)17-27(23)28-15-25(38-5)9-10-31(28)35)20-39-26-8-7-22-11-13-34(29(22)16-26)21(2)30(34)19-37/h7-10,14-17,19,21,30H,6,11-13,18,20H2,1-5H3. The van der Waals surface area contributed by atoms with E-state index in [1.54, 1.807) is 12.1 Å². The van der Waals surface area contributed by atoms with Gasteiger partial charge in [0.05, 0.1) is 7.11 Å². The third-order valence-electron chi connectivity index (χ3n) is 9.10. The molecular weight excluding hydrogens is 494 g/mol. The molecule has 206 valence electrons. The summed E-state index contributed by atoms with van der Waals surface area (Å²) < 4.78 is 42.0. The number of methoxy groups -OCH3 is 1. The number of hydrogen-bond donors (Lipinski definition) is 0. The SMILES string of the molecule is CCCC(C)(C)Cc1cc(COc2ccc3c(c2)C2(CC3)C(C)C2C=O)c(F)cc1-c1cc(OC)ccc1F. The highest BCUT2D eigenvalue weighted by molar-refractivity contribution is 5.71. The van der Waals surface area contributed by atoms with Crippen molar-refractivity contribution in [1.82, 2.24) is 0 Å². The normalized spacial score (nSPS) is 21.6. The molecule has 3 nitrogen and oxygen atoms in total. The highest BCUT2D eigenvalue weighted by Gasteiger charge is 2.64. The van der Waals surface area contributed by atoms with E-state index in [-0.39, 0.29) is 23.4 Å². The Kier molecular flexibility index (Phi) is 7.30. The molecule has 5 heteroatoms. The van der Waals surface area contributed by atoms with Crippen molar-refractivity contribution in [2.75, 3.05) is 7.11 Å². The van der Waals surface area contributed by atoms with E-state index >= 15 is 4.39 Å². The van der Waals surface area contributed by atoms with Gasteiger partial charge in [-0.15, -0.1) is 0 Å². The maximum absolute atomic E-state index is 15.5. The molecule has 39 heavy (non-hydrogen) atoms. The minimum Gasteiger partial charge on any atom is -0.497 e. The van der Waals surface area contributed by atoms with Crippen LogP contribution in [0, 0.1) is 28.9 Å². The molecular formula is C34H38F2O3. The summed E-state index contributed by atoms with van der Waals surface area (Å²) in [5, 5.41) is 0. The molecule has 0 saturated heterocycles. The summed E-state index contributed by atoms with van der Waals surface area (Å²) in [5.74, 6) is 0.748. The first-order valence-corrected chi connectivity index (χ1v) is 14.0. The van der Waals surface area contributed by atoms with E-state index in [1.807, 2.05) is 18.2 Å². The van der Waals surface area contributed by atoms with E-state index in [1.165, 1.54) is 30.4 Å². The summed E-state index contributed by atoms with van der Waals surface area (Å²) in [4.78, 5) is 11.6. The lowest BCUT2D eigenvalue weighted by atomic mass is 9.79. The van der Waals surface area contributed by atoms with Crippen LogP contribution in [0.5, 0.6) is 11.5 Å². The van der Waals surface area contributed by atoms with Crippen LogP contribution in [-0.2, 0) is 29.7 Å². The molecule has 0 amide bonds. The Morgan fingerprint density at radius 2 is 1.77 bits per heavy atom. The van der Waals surface area contributed by atoms with Crippen LogP contribution in [0.2, 0.25) is 0 Å². The van der Waals surface area contributed by atoms with E-state index in [2.05, 4.69) is 33.8 Å². The summed E-state index contributed by atoms with van der Waals surface area (Å²) in [6.45, 7) is 8.73. The molecule has 1 spiro atoms. The molecule has 3 atom stereocenters.